The topological polar surface area (TPSA) is 46.5 Å². The average molecular weight is 256 g/mol. The van der Waals surface area contributed by atoms with Gasteiger partial charge in [0, 0.05) is 0 Å². The smallest absolute Gasteiger partial charge is 0.336 e. The predicted octanol–water partition coefficient (Wildman–Crippen LogP) is 2.99. The van der Waals surface area contributed by atoms with Crippen molar-refractivity contribution in [1.82, 2.24) is 0 Å². The van der Waals surface area contributed by atoms with Crippen LogP contribution in [0, 0.1) is 0 Å². The third kappa shape index (κ3) is 2.66. The molecule has 0 aliphatic carbocycles. The van der Waals surface area contributed by atoms with Crippen LogP contribution in [0.1, 0.15) is 18.6 Å². The van der Waals surface area contributed by atoms with E-state index in [1.54, 1.807) is 13.0 Å². The number of ether oxygens (including phenoxy) is 1. The highest BCUT2D eigenvalue weighted by atomic mass is 16.5. The van der Waals surface area contributed by atoms with Crippen molar-refractivity contribution in [3.8, 4) is 0 Å². The van der Waals surface area contributed by atoms with Crippen molar-refractivity contribution in [3.63, 3.8) is 0 Å². The zero-order chi connectivity index (χ0) is 13.8. The number of rotatable bonds is 3. The minimum absolute atomic E-state index is 0.248. The number of esters is 1. The molecule has 0 aliphatic heterocycles. The lowest BCUT2D eigenvalue weighted by Gasteiger charge is -2.14. The molecule has 3 heteroatoms. The quantitative estimate of drug-likeness (QED) is 0.678. The summed E-state index contributed by atoms with van der Waals surface area (Å²) in [5.74, 6) is -0.511. The van der Waals surface area contributed by atoms with Gasteiger partial charge in [-0.1, -0.05) is 42.5 Å². The van der Waals surface area contributed by atoms with Gasteiger partial charge < -0.3 is 9.84 Å². The largest absolute Gasteiger partial charge is 0.466 e. The molecule has 0 fully saturated rings. The predicted molar refractivity (Wildman–Crippen MR) is 74.7 cm³/mol. The Labute approximate surface area is 112 Å². The molecule has 1 atom stereocenters. The fourth-order valence-corrected chi connectivity index (χ4v) is 2.06. The molecule has 19 heavy (non-hydrogen) atoms. The highest BCUT2D eigenvalue weighted by Gasteiger charge is 2.20. The summed E-state index contributed by atoms with van der Waals surface area (Å²) in [5, 5.41) is 12.4. The van der Waals surface area contributed by atoms with Gasteiger partial charge in [0.1, 0.15) is 6.10 Å². The first-order valence-electron chi connectivity index (χ1n) is 6.08. The van der Waals surface area contributed by atoms with Crippen LogP contribution in [-0.2, 0) is 9.53 Å². The number of fused-ring (bicyclic) bond motifs is 1. The van der Waals surface area contributed by atoms with Gasteiger partial charge in [0.2, 0.25) is 0 Å². The number of carbonyl (C=O) groups is 1. The van der Waals surface area contributed by atoms with Gasteiger partial charge in [-0.25, -0.2) is 4.79 Å². The first-order chi connectivity index (χ1) is 9.17. The summed E-state index contributed by atoms with van der Waals surface area (Å²) >= 11 is 0. The van der Waals surface area contributed by atoms with Crippen LogP contribution in [0.15, 0.2) is 54.1 Å². The molecule has 0 bridgehead atoms. The highest BCUT2D eigenvalue weighted by molar-refractivity contribution is 5.90. The normalized spacial score (nSPS) is 13.3. The van der Waals surface area contributed by atoms with Gasteiger partial charge in [-0.2, -0.15) is 0 Å². The molecule has 98 valence electrons. The van der Waals surface area contributed by atoms with E-state index < -0.39 is 12.1 Å². The number of hydrogen-bond acceptors (Lipinski definition) is 3. The third-order valence-corrected chi connectivity index (χ3v) is 3.12. The van der Waals surface area contributed by atoms with Gasteiger partial charge in [0.25, 0.3) is 0 Å². The van der Waals surface area contributed by atoms with Crippen molar-refractivity contribution < 1.29 is 14.6 Å². The summed E-state index contributed by atoms with van der Waals surface area (Å²) in [6.07, 6.45) is 0.605. The molecule has 0 saturated heterocycles. The molecule has 1 N–H and O–H groups in total. The first kappa shape index (κ1) is 13.3. The second-order valence-electron chi connectivity index (χ2n) is 4.24. The SMILES string of the molecule is C/C=C(/C(=O)OC)C(O)c1ccc2ccccc2c1. The average Bonchev–Trinajstić information content (AvgIpc) is 2.47. The van der Waals surface area contributed by atoms with Crippen LogP contribution in [-0.4, -0.2) is 18.2 Å². The van der Waals surface area contributed by atoms with E-state index in [4.69, 9.17) is 0 Å². The Morgan fingerprint density at radius 1 is 1.21 bits per heavy atom. The van der Waals surface area contributed by atoms with Crippen molar-refractivity contribution in [2.24, 2.45) is 0 Å². The molecule has 0 aromatic heterocycles. The second kappa shape index (κ2) is 5.67. The molecular formula is C16H16O3. The molecule has 0 saturated carbocycles. The van der Waals surface area contributed by atoms with Gasteiger partial charge in [0.15, 0.2) is 0 Å². The Hall–Kier alpha value is -2.13. The maximum absolute atomic E-state index is 11.6. The van der Waals surface area contributed by atoms with Crippen LogP contribution < -0.4 is 0 Å². The summed E-state index contributed by atoms with van der Waals surface area (Å²) in [5.41, 5.74) is 0.926. The van der Waals surface area contributed by atoms with Gasteiger partial charge in [-0.05, 0) is 29.3 Å². The summed E-state index contributed by atoms with van der Waals surface area (Å²) in [4.78, 5) is 11.6. The van der Waals surface area contributed by atoms with Crippen LogP contribution >= 0.6 is 0 Å². The van der Waals surface area contributed by atoms with E-state index in [1.165, 1.54) is 7.11 Å². The molecule has 0 radical (unpaired) electrons. The lowest BCUT2D eigenvalue weighted by molar-refractivity contribution is -0.137. The second-order valence-corrected chi connectivity index (χ2v) is 4.24. The minimum atomic E-state index is -0.970. The Kier molecular flexibility index (Phi) is 3.97. The zero-order valence-electron chi connectivity index (χ0n) is 11.0. The van der Waals surface area contributed by atoms with Crippen molar-refractivity contribution in [1.29, 1.82) is 0 Å². The standard InChI is InChI=1S/C16H16O3/c1-3-14(16(18)19-2)15(17)13-9-8-11-6-4-5-7-12(11)10-13/h3-10,15,17H,1-2H3/b14-3+. The first-order valence-corrected chi connectivity index (χ1v) is 6.08. The number of benzene rings is 2. The fraction of sp³-hybridized carbons (Fsp3) is 0.188. The molecular weight excluding hydrogens is 240 g/mol. The van der Waals surface area contributed by atoms with Crippen LogP contribution in [0.5, 0.6) is 0 Å². The molecule has 2 rings (SSSR count). The highest BCUT2D eigenvalue weighted by Crippen LogP contribution is 2.25. The van der Waals surface area contributed by atoms with Crippen LogP contribution in [0.4, 0.5) is 0 Å². The van der Waals surface area contributed by atoms with E-state index >= 15 is 0 Å². The fourth-order valence-electron chi connectivity index (χ4n) is 2.06. The van der Waals surface area contributed by atoms with Crippen molar-refractivity contribution in [2.75, 3.05) is 7.11 Å². The van der Waals surface area contributed by atoms with E-state index in [0.29, 0.717) is 5.56 Å². The maximum Gasteiger partial charge on any atom is 0.336 e. The van der Waals surface area contributed by atoms with Crippen molar-refractivity contribution in [3.05, 3.63) is 59.7 Å². The lowest BCUT2D eigenvalue weighted by atomic mass is 9.98. The number of carbonyl (C=O) groups excluding carboxylic acids is 1. The van der Waals surface area contributed by atoms with Gasteiger partial charge in [-0.3, -0.25) is 0 Å². The number of allylic oxidation sites excluding steroid dienone is 1. The summed E-state index contributed by atoms with van der Waals surface area (Å²) in [7, 11) is 1.30. The molecule has 3 nitrogen and oxygen atoms in total. The summed E-state index contributed by atoms with van der Waals surface area (Å²) < 4.78 is 4.67. The summed E-state index contributed by atoms with van der Waals surface area (Å²) in [6.45, 7) is 1.70. The molecule has 1 unspecified atom stereocenters. The van der Waals surface area contributed by atoms with E-state index in [2.05, 4.69) is 4.74 Å². The molecule has 2 aromatic carbocycles. The summed E-state index contributed by atoms with van der Waals surface area (Å²) in [6, 6.07) is 13.5. The minimum Gasteiger partial charge on any atom is -0.466 e. The Morgan fingerprint density at radius 3 is 2.53 bits per heavy atom. The number of methoxy groups -OCH3 is 1. The van der Waals surface area contributed by atoms with Crippen molar-refractivity contribution in [2.45, 2.75) is 13.0 Å². The molecule has 0 heterocycles. The molecule has 0 amide bonds. The lowest BCUT2D eigenvalue weighted by Crippen LogP contribution is -2.13. The number of aliphatic hydroxyl groups is 1. The molecule has 2 aromatic rings. The van der Waals surface area contributed by atoms with E-state index in [9.17, 15) is 9.90 Å². The van der Waals surface area contributed by atoms with Gasteiger partial charge >= 0.3 is 5.97 Å². The Morgan fingerprint density at radius 2 is 1.89 bits per heavy atom. The van der Waals surface area contributed by atoms with Crippen molar-refractivity contribution >= 4 is 16.7 Å². The van der Waals surface area contributed by atoms with E-state index in [1.807, 2.05) is 42.5 Å². The van der Waals surface area contributed by atoms with E-state index in [-0.39, 0.29) is 5.57 Å². The van der Waals surface area contributed by atoms with Crippen LogP contribution in [0.25, 0.3) is 10.8 Å². The number of hydrogen-bond donors (Lipinski definition) is 1. The van der Waals surface area contributed by atoms with Crippen LogP contribution in [0.3, 0.4) is 0 Å². The number of aliphatic hydroxyl groups excluding tert-OH is 1. The monoisotopic (exact) mass is 256 g/mol. The molecule has 0 aliphatic rings. The molecule has 0 spiro atoms. The maximum atomic E-state index is 11.6. The van der Waals surface area contributed by atoms with Crippen LogP contribution in [0.2, 0.25) is 0 Å². The van der Waals surface area contributed by atoms with Gasteiger partial charge in [-0.15, -0.1) is 0 Å². The van der Waals surface area contributed by atoms with E-state index in [0.717, 1.165) is 10.8 Å². The Bertz CT molecular complexity index is 629. The Balaban J connectivity index is 2.40. The zero-order valence-corrected chi connectivity index (χ0v) is 11.0. The third-order valence-electron chi connectivity index (χ3n) is 3.12. The van der Waals surface area contributed by atoms with Gasteiger partial charge in [0.05, 0.1) is 12.7 Å².